The maximum atomic E-state index is 11.8. The maximum absolute atomic E-state index is 11.8. The standard InChI is InChI=1S/C16H22N2O/c1-15(2,3)13-8-6-12(7-9-13)10-18-14(19)16(4,5)11-17/h6-9H,10H2,1-5H3,(H,18,19). The summed E-state index contributed by atoms with van der Waals surface area (Å²) in [5.41, 5.74) is 1.45. The summed E-state index contributed by atoms with van der Waals surface area (Å²) in [6.45, 7) is 10.2. The van der Waals surface area contributed by atoms with Crippen LogP contribution in [0.5, 0.6) is 0 Å². The largest absolute Gasteiger partial charge is 0.351 e. The number of rotatable bonds is 3. The Bertz CT molecular complexity index is 487. The lowest BCUT2D eigenvalue weighted by Crippen LogP contribution is -2.35. The summed E-state index contributed by atoms with van der Waals surface area (Å²) >= 11 is 0. The molecule has 0 unspecified atom stereocenters. The summed E-state index contributed by atoms with van der Waals surface area (Å²) in [6.07, 6.45) is 0. The molecule has 1 N–H and O–H groups in total. The van der Waals surface area contributed by atoms with Gasteiger partial charge in [-0.1, -0.05) is 45.0 Å². The Morgan fingerprint density at radius 3 is 2.11 bits per heavy atom. The van der Waals surface area contributed by atoms with Crippen molar-refractivity contribution in [1.82, 2.24) is 5.32 Å². The number of nitrogens with one attached hydrogen (secondary N) is 1. The summed E-state index contributed by atoms with van der Waals surface area (Å²) in [5, 5.41) is 11.7. The molecule has 0 aliphatic carbocycles. The zero-order chi connectivity index (χ0) is 14.7. The van der Waals surface area contributed by atoms with E-state index in [1.807, 2.05) is 18.2 Å². The van der Waals surface area contributed by atoms with Gasteiger partial charge >= 0.3 is 0 Å². The van der Waals surface area contributed by atoms with Crippen LogP contribution in [0.1, 0.15) is 45.7 Å². The van der Waals surface area contributed by atoms with Crippen molar-refractivity contribution in [2.75, 3.05) is 0 Å². The fraction of sp³-hybridized carbons (Fsp3) is 0.500. The van der Waals surface area contributed by atoms with Gasteiger partial charge in [0.2, 0.25) is 5.91 Å². The van der Waals surface area contributed by atoms with E-state index in [2.05, 4.69) is 38.2 Å². The monoisotopic (exact) mass is 258 g/mol. The first kappa shape index (κ1) is 15.2. The first-order chi connectivity index (χ1) is 8.66. The first-order valence-corrected chi connectivity index (χ1v) is 6.46. The highest BCUT2D eigenvalue weighted by Gasteiger charge is 2.26. The van der Waals surface area contributed by atoms with Crippen LogP contribution in [0, 0.1) is 16.7 Å². The molecule has 0 heterocycles. The predicted octanol–water partition coefficient (Wildman–Crippen LogP) is 3.15. The van der Waals surface area contributed by atoms with Gasteiger partial charge in [-0.25, -0.2) is 0 Å². The van der Waals surface area contributed by atoms with E-state index in [-0.39, 0.29) is 11.3 Å². The van der Waals surface area contributed by atoms with Gasteiger partial charge in [0.05, 0.1) is 6.07 Å². The molecule has 0 saturated heterocycles. The minimum absolute atomic E-state index is 0.130. The number of hydrogen-bond donors (Lipinski definition) is 1. The number of carbonyl (C=O) groups is 1. The van der Waals surface area contributed by atoms with E-state index in [1.165, 1.54) is 5.56 Å². The summed E-state index contributed by atoms with van der Waals surface area (Å²) < 4.78 is 0. The Morgan fingerprint density at radius 2 is 1.68 bits per heavy atom. The smallest absolute Gasteiger partial charge is 0.240 e. The summed E-state index contributed by atoms with van der Waals surface area (Å²) in [5.74, 6) is -0.241. The minimum atomic E-state index is -0.981. The summed E-state index contributed by atoms with van der Waals surface area (Å²) in [4.78, 5) is 11.8. The molecular formula is C16H22N2O. The molecule has 0 bridgehead atoms. The third kappa shape index (κ3) is 4.10. The molecule has 1 amide bonds. The molecular weight excluding hydrogens is 236 g/mol. The van der Waals surface area contributed by atoms with Crippen LogP contribution in [0.3, 0.4) is 0 Å². The van der Waals surface area contributed by atoms with Crippen LogP contribution < -0.4 is 5.32 Å². The summed E-state index contributed by atoms with van der Waals surface area (Å²) in [6, 6.07) is 10.2. The average molecular weight is 258 g/mol. The number of carbonyl (C=O) groups excluding carboxylic acids is 1. The van der Waals surface area contributed by atoms with Crippen LogP contribution >= 0.6 is 0 Å². The van der Waals surface area contributed by atoms with Crippen molar-refractivity contribution in [3.8, 4) is 6.07 Å². The van der Waals surface area contributed by atoms with E-state index in [1.54, 1.807) is 13.8 Å². The van der Waals surface area contributed by atoms with Gasteiger partial charge in [0.1, 0.15) is 5.41 Å². The van der Waals surface area contributed by atoms with Gasteiger partial charge in [-0.15, -0.1) is 0 Å². The summed E-state index contributed by atoms with van der Waals surface area (Å²) in [7, 11) is 0. The molecule has 0 spiro atoms. The van der Waals surface area contributed by atoms with Crippen LogP contribution in [0.2, 0.25) is 0 Å². The van der Waals surface area contributed by atoms with Crippen LogP contribution in [-0.2, 0) is 16.8 Å². The van der Waals surface area contributed by atoms with Gasteiger partial charge in [-0.2, -0.15) is 5.26 Å². The molecule has 0 saturated carbocycles. The van der Waals surface area contributed by atoms with E-state index < -0.39 is 5.41 Å². The number of hydrogen-bond acceptors (Lipinski definition) is 2. The van der Waals surface area contributed by atoms with Gasteiger partial charge in [-0.05, 0) is 30.4 Å². The van der Waals surface area contributed by atoms with Crippen LogP contribution in [0.4, 0.5) is 0 Å². The number of nitrogens with zero attached hydrogens (tertiary/aromatic N) is 1. The van der Waals surface area contributed by atoms with Crippen molar-refractivity contribution in [2.45, 2.75) is 46.6 Å². The number of nitriles is 1. The second-order valence-corrected chi connectivity index (χ2v) is 6.37. The highest BCUT2D eigenvalue weighted by molar-refractivity contribution is 5.84. The Labute approximate surface area is 115 Å². The molecule has 1 rings (SSSR count). The molecule has 19 heavy (non-hydrogen) atoms. The molecule has 102 valence electrons. The Morgan fingerprint density at radius 1 is 1.16 bits per heavy atom. The van der Waals surface area contributed by atoms with E-state index in [4.69, 9.17) is 5.26 Å². The zero-order valence-electron chi connectivity index (χ0n) is 12.4. The molecule has 0 aromatic heterocycles. The van der Waals surface area contributed by atoms with Crippen LogP contribution in [0.15, 0.2) is 24.3 Å². The lowest BCUT2D eigenvalue weighted by Gasteiger charge is -2.19. The number of amides is 1. The van der Waals surface area contributed by atoms with Crippen molar-refractivity contribution in [1.29, 1.82) is 5.26 Å². The zero-order valence-corrected chi connectivity index (χ0v) is 12.4. The molecule has 1 aromatic carbocycles. The van der Waals surface area contributed by atoms with Crippen LogP contribution in [0.25, 0.3) is 0 Å². The van der Waals surface area contributed by atoms with Crippen LogP contribution in [-0.4, -0.2) is 5.91 Å². The highest BCUT2D eigenvalue weighted by atomic mass is 16.2. The topological polar surface area (TPSA) is 52.9 Å². The molecule has 1 aromatic rings. The maximum Gasteiger partial charge on any atom is 0.240 e. The fourth-order valence-electron chi connectivity index (χ4n) is 1.58. The van der Waals surface area contributed by atoms with E-state index in [9.17, 15) is 4.79 Å². The quantitative estimate of drug-likeness (QED) is 0.905. The predicted molar refractivity (Wildman–Crippen MR) is 76.4 cm³/mol. The Kier molecular flexibility index (Phi) is 4.36. The normalized spacial score (nSPS) is 11.8. The van der Waals surface area contributed by atoms with Gasteiger partial charge in [-0.3, -0.25) is 4.79 Å². The molecule has 3 nitrogen and oxygen atoms in total. The van der Waals surface area contributed by atoms with Gasteiger partial charge < -0.3 is 5.32 Å². The highest BCUT2D eigenvalue weighted by Crippen LogP contribution is 2.22. The van der Waals surface area contributed by atoms with Gasteiger partial charge in [0.15, 0.2) is 0 Å². The first-order valence-electron chi connectivity index (χ1n) is 6.46. The average Bonchev–Trinajstić information content (AvgIpc) is 2.35. The minimum Gasteiger partial charge on any atom is -0.351 e. The molecule has 0 atom stereocenters. The van der Waals surface area contributed by atoms with Crippen molar-refractivity contribution in [3.05, 3.63) is 35.4 Å². The van der Waals surface area contributed by atoms with E-state index in [0.29, 0.717) is 6.54 Å². The molecule has 0 radical (unpaired) electrons. The van der Waals surface area contributed by atoms with Gasteiger partial charge in [0.25, 0.3) is 0 Å². The fourth-order valence-corrected chi connectivity index (χ4v) is 1.58. The molecule has 0 aliphatic heterocycles. The Balaban J connectivity index is 2.66. The van der Waals surface area contributed by atoms with Crippen molar-refractivity contribution in [3.63, 3.8) is 0 Å². The van der Waals surface area contributed by atoms with E-state index in [0.717, 1.165) is 5.56 Å². The van der Waals surface area contributed by atoms with Crippen molar-refractivity contribution >= 4 is 5.91 Å². The molecule has 0 fully saturated rings. The second kappa shape index (κ2) is 5.44. The van der Waals surface area contributed by atoms with Gasteiger partial charge in [0, 0.05) is 6.54 Å². The van der Waals surface area contributed by atoms with Crippen molar-refractivity contribution in [2.24, 2.45) is 5.41 Å². The SMILES string of the molecule is CC(C)(C#N)C(=O)NCc1ccc(C(C)(C)C)cc1. The second-order valence-electron chi connectivity index (χ2n) is 6.37. The lowest BCUT2D eigenvalue weighted by atomic mass is 9.87. The Hall–Kier alpha value is -1.82. The van der Waals surface area contributed by atoms with E-state index >= 15 is 0 Å². The molecule has 0 aliphatic rings. The third-order valence-corrected chi connectivity index (χ3v) is 3.12. The third-order valence-electron chi connectivity index (χ3n) is 3.12. The number of benzene rings is 1. The molecule has 3 heteroatoms. The van der Waals surface area contributed by atoms with Crippen molar-refractivity contribution < 1.29 is 4.79 Å². The lowest BCUT2D eigenvalue weighted by molar-refractivity contribution is -0.126.